The summed E-state index contributed by atoms with van der Waals surface area (Å²) >= 11 is 0. The Balaban J connectivity index is 1.43. The van der Waals surface area contributed by atoms with Crippen molar-refractivity contribution >= 4 is 21.7 Å². The molecule has 1 aliphatic rings. The molecule has 0 aliphatic carbocycles. The Morgan fingerprint density at radius 3 is 2.21 bits per heavy atom. The average molecular weight is 414 g/mol. The zero-order valence-corrected chi connectivity index (χ0v) is 17.2. The maximum atomic E-state index is 13.0. The minimum atomic E-state index is -3.54. The number of sulfonamides is 1. The van der Waals surface area contributed by atoms with Crippen molar-refractivity contribution in [2.45, 2.75) is 4.90 Å². The summed E-state index contributed by atoms with van der Waals surface area (Å²) in [5.41, 5.74) is 0.818. The van der Waals surface area contributed by atoms with Gasteiger partial charge in [-0.25, -0.2) is 13.1 Å². The van der Waals surface area contributed by atoms with E-state index < -0.39 is 10.0 Å². The van der Waals surface area contributed by atoms with Crippen molar-refractivity contribution in [1.82, 2.24) is 24.3 Å². The number of anilines is 2. The molecule has 1 aromatic carbocycles. The molecule has 0 unspecified atom stereocenters. The van der Waals surface area contributed by atoms with E-state index >= 15 is 0 Å². The van der Waals surface area contributed by atoms with E-state index in [9.17, 15) is 8.42 Å². The molecular formula is C19H23N7O2S. The summed E-state index contributed by atoms with van der Waals surface area (Å²) in [5, 5.41) is 12.6. The Hall–Kier alpha value is -2.98. The molecule has 3 heterocycles. The maximum absolute atomic E-state index is 13.0. The lowest BCUT2D eigenvalue weighted by atomic mass is 10.3. The van der Waals surface area contributed by atoms with E-state index in [0.29, 0.717) is 26.2 Å². The predicted molar refractivity (Wildman–Crippen MR) is 111 cm³/mol. The Bertz CT molecular complexity index is 1040. The van der Waals surface area contributed by atoms with Gasteiger partial charge in [0.25, 0.3) is 0 Å². The summed E-state index contributed by atoms with van der Waals surface area (Å²) in [6.07, 6.45) is 3.50. The third-order valence-corrected chi connectivity index (χ3v) is 6.81. The van der Waals surface area contributed by atoms with Crippen LogP contribution in [0, 0.1) is 0 Å². The summed E-state index contributed by atoms with van der Waals surface area (Å²) in [6, 6.07) is 12.4. The van der Waals surface area contributed by atoms with E-state index in [1.54, 1.807) is 35.1 Å². The van der Waals surface area contributed by atoms with Gasteiger partial charge in [-0.1, -0.05) is 0 Å². The molecule has 0 amide bonds. The minimum Gasteiger partial charge on any atom is -0.361 e. The van der Waals surface area contributed by atoms with Crippen molar-refractivity contribution in [3.8, 4) is 5.69 Å². The van der Waals surface area contributed by atoms with Crippen molar-refractivity contribution in [3.63, 3.8) is 0 Å². The van der Waals surface area contributed by atoms with Crippen LogP contribution in [0.1, 0.15) is 0 Å². The van der Waals surface area contributed by atoms with Gasteiger partial charge >= 0.3 is 0 Å². The van der Waals surface area contributed by atoms with Crippen molar-refractivity contribution in [2.24, 2.45) is 0 Å². The van der Waals surface area contributed by atoms with Gasteiger partial charge < -0.3 is 9.80 Å². The fraction of sp³-hybridized carbons (Fsp3) is 0.316. The number of hydrogen-bond donors (Lipinski definition) is 0. The first-order valence-corrected chi connectivity index (χ1v) is 10.8. The Morgan fingerprint density at radius 1 is 0.931 bits per heavy atom. The average Bonchev–Trinajstić information content (AvgIpc) is 3.29. The standard InChI is InChI=1S/C19H23N7O2S/c1-23(2)18-8-9-19(22-21-18)24-12-14-25(15-13-24)29(27,28)17-6-4-16(5-7-17)26-11-3-10-20-26/h3-11H,12-15H2,1-2H3. The van der Waals surface area contributed by atoms with E-state index in [1.165, 1.54) is 4.31 Å². The zero-order valence-electron chi connectivity index (χ0n) is 16.4. The number of rotatable bonds is 5. The van der Waals surface area contributed by atoms with Crippen LogP contribution in [0.15, 0.2) is 59.8 Å². The van der Waals surface area contributed by atoms with Crippen molar-refractivity contribution in [2.75, 3.05) is 50.1 Å². The summed E-state index contributed by atoms with van der Waals surface area (Å²) < 4.78 is 29.2. The number of piperazine rings is 1. The monoisotopic (exact) mass is 413 g/mol. The number of aromatic nitrogens is 4. The molecule has 3 aromatic rings. The highest BCUT2D eigenvalue weighted by atomic mass is 32.2. The van der Waals surface area contributed by atoms with Gasteiger partial charge in [0.2, 0.25) is 10.0 Å². The first-order chi connectivity index (χ1) is 13.9. The molecule has 0 N–H and O–H groups in total. The van der Waals surface area contributed by atoms with Crippen molar-refractivity contribution < 1.29 is 8.42 Å². The van der Waals surface area contributed by atoms with Gasteiger partial charge in [-0.15, -0.1) is 10.2 Å². The Morgan fingerprint density at radius 2 is 1.66 bits per heavy atom. The van der Waals surface area contributed by atoms with Gasteiger partial charge in [0.1, 0.15) is 0 Å². The second kappa shape index (κ2) is 7.80. The third kappa shape index (κ3) is 3.94. The third-order valence-electron chi connectivity index (χ3n) is 4.90. The highest BCUT2D eigenvalue weighted by Crippen LogP contribution is 2.21. The number of hydrogen-bond acceptors (Lipinski definition) is 7. The van der Waals surface area contributed by atoms with Gasteiger partial charge in [0.15, 0.2) is 11.6 Å². The summed E-state index contributed by atoms with van der Waals surface area (Å²) in [4.78, 5) is 4.23. The van der Waals surface area contributed by atoms with E-state index in [1.807, 2.05) is 43.4 Å². The largest absolute Gasteiger partial charge is 0.361 e. The van der Waals surface area contributed by atoms with Crippen LogP contribution in [0.4, 0.5) is 11.6 Å². The van der Waals surface area contributed by atoms with Gasteiger partial charge in [-0.05, 0) is 42.5 Å². The molecule has 9 nitrogen and oxygen atoms in total. The number of benzene rings is 1. The molecule has 1 aliphatic heterocycles. The summed E-state index contributed by atoms with van der Waals surface area (Å²) in [6.45, 7) is 1.95. The van der Waals surface area contributed by atoms with Crippen molar-refractivity contribution in [1.29, 1.82) is 0 Å². The molecule has 0 atom stereocenters. The van der Waals surface area contributed by atoms with Gasteiger partial charge in [-0.2, -0.15) is 9.40 Å². The SMILES string of the molecule is CN(C)c1ccc(N2CCN(S(=O)(=O)c3ccc(-n4cccn4)cc3)CC2)nn1. The summed E-state index contributed by atoms with van der Waals surface area (Å²) in [7, 11) is 0.286. The van der Waals surface area contributed by atoms with E-state index in [2.05, 4.69) is 20.2 Å². The normalized spacial score (nSPS) is 15.4. The van der Waals surface area contributed by atoms with Gasteiger partial charge in [-0.3, -0.25) is 0 Å². The molecule has 0 spiro atoms. The first-order valence-electron chi connectivity index (χ1n) is 9.31. The second-order valence-electron chi connectivity index (χ2n) is 6.98. The van der Waals surface area contributed by atoms with Crippen LogP contribution in [0.25, 0.3) is 5.69 Å². The van der Waals surface area contributed by atoms with E-state index in [4.69, 9.17) is 0 Å². The first kappa shape index (κ1) is 19.3. The molecule has 29 heavy (non-hydrogen) atoms. The molecule has 152 valence electrons. The van der Waals surface area contributed by atoms with E-state index in [-0.39, 0.29) is 4.90 Å². The quantitative estimate of drug-likeness (QED) is 0.622. The molecule has 10 heteroatoms. The predicted octanol–water partition coefficient (Wildman–Crippen LogP) is 1.24. The molecule has 0 radical (unpaired) electrons. The minimum absolute atomic E-state index is 0.289. The lowest BCUT2D eigenvalue weighted by Gasteiger charge is -2.34. The van der Waals surface area contributed by atoms with Gasteiger partial charge in [0, 0.05) is 52.7 Å². The topological polar surface area (TPSA) is 87.5 Å². The fourth-order valence-electron chi connectivity index (χ4n) is 3.22. The van der Waals surface area contributed by atoms with Crippen LogP contribution in [0.3, 0.4) is 0 Å². The van der Waals surface area contributed by atoms with Crippen molar-refractivity contribution in [3.05, 3.63) is 54.9 Å². The summed E-state index contributed by atoms with van der Waals surface area (Å²) in [5.74, 6) is 1.55. The number of nitrogens with zero attached hydrogens (tertiary/aromatic N) is 7. The molecule has 0 saturated carbocycles. The van der Waals surface area contributed by atoms with E-state index in [0.717, 1.165) is 17.3 Å². The molecule has 1 saturated heterocycles. The molecule has 2 aromatic heterocycles. The fourth-order valence-corrected chi connectivity index (χ4v) is 4.65. The zero-order chi connectivity index (χ0) is 20.4. The highest BCUT2D eigenvalue weighted by Gasteiger charge is 2.29. The smallest absolute Gasteiger partial charge is 0.243 e. The van der Waals surface area contributed by atoms with Crippen LogP contribution in [0.2, 0.25) is 0 Å². The molecule has 1 fully saturated rings. The van der Waals surface area contributed by atoms with Gasteiger partial charge in [0.05, 0.1) is 10.6 Å². The Labute approximate surface area is 170 Å². The molecule has 0 bridgehead atoms. The Kier molecular flexibility index (Phi) is 5.20. The second-order valence-corrected chi connectivity index (χ2v) is 8.92. The van der Waals surface area contributed by atoms with Crippen LogP contribution >= 0.6 is 0 Å². The van der Waals surface area contributed by atoms with Crippen LogP contribution < -0.4 is 9.80 Å². The van der Waals surface area contributed by atoms with Crippen LogP contribution in [-0.4, -0.2) is 73.0 Å². The highest BCUT2D eigenvalue weighted by molar-refractivity contribution is 7.89. The van der Waals surface area contributed by atoms with Crippen LogP contribution in [-0.2, 0) is 10.0 Å². The molecule has 4 rings (SSSR count). The lowest BCUT2D eigenvalue weighted by Crippen LogP contribution is -2.49. The maximum Gasteiger partial charge on any atom is 0.243 e. The molecular weight excluding hydrogens is 390 g/mol. The van der Waals surface area contributed by atoms with Crippen LogP contribution in [0.5, 0.6) is 0 Å². The lowest BCUT2D eigenvalue weighted by molar-refractivity contribution is 0.383.